The van der Waals surface area contributed by atoms with E-state index in [0.29, 0.717) is 0 Å². The van der Waals surface area contributed by atoms with Crippen molar-refractivity contribution < 1.29 is 37.8 Å². The summed E-state index contributed by atoms with van der Waals surface area (Å²) in [4.78, 5) is 0. The molecule has 2 heteroatoms. The Bertz CT molecular complexity index is 220. The predicted molar refractivity (Wildman–Crippen MR) is 36.4 cm³/mol. The van der Waals surface area contributed by atoms with Gasteiger partial charge in [0.15, 0.2) is 0 Å². The average molecular weight is 210 g/mol. The third kappa shape index (κ3) is 2.39. The molecule has 0 amide bonds. The molecular formula is C8H9OY-. The number of aryl methyl sites for hydroxylation is 2. The Balaban J connectivity index is 0.000000810. The van der Waals surface area contributed by atoms with Crippen molar-refractivity contribution in [2.45, 2.75) is 13.8 Å². The zero-order chi connectivity index (χ0) is 6.85. The summed E-state index contributed by atoms with van der Waals surface area (Å²) in [6.07, 6.45) is 0. The van der Waals surface area contributed by atoms with E-state index in [2.05, 4.69) is 6.07 Å². The zero-order valence-electron chi connectivity index (χ0n) is 6.18. The molecule has 0 atom stereocenters. The van der Waals surface area contributed by atoms with E-state index in [0.717, 1.165) is 11.1 Å². The summed E-state index contributed by atoms with van der Waals surface area (Å²) in [6, 6.07) is 6.18. The first kappa shape index (κ1) is 10.1. The SMILES string of the molecule is Cc1c[c-]c(O)cc1C.[Y]. The van der Waals surface area contributed by atoms with Gasteiger partial charge >= 0.3 is 0 Å². The smallest absolute Gasteiger partial charge is 0.00423 e. The van der Waals surface area contributed by atoms with Gasteiger partial charge in [-0.25, -0.2) is 0 Å². The van der Waals surface area contributed by atoms with Crippen LogP contribution in [0.4, 0.5) is 0 Å². The van der Waals surface area contributed by atoms with Crippen molar-refractivity contribution in [3.8, 4) is 5.75 Å². The van der Waals surface area contributed by atoms with Crippen molar-refractivity contribution in [2.75, 3.05) is 0 Å². The van der Waals surface area contributed by atoms with Gasteiger partial charge < -0.3 is 5.11 Å². The molecule has 1 aromatic carbocycles. The number of benzene rings is 1. The van der Waals surface area contributed by atoms with Crippen LogP contribution in [-0.2, 0) is 32.7 Å². The number of phenolic OH excluding ortho intramolecular Hbond substituents is 1. The van der Waals surface area contributed by atoms with E-state index >= 15 is 0 Å². The van der Waals surface area contributed by atoms with Gasteiger partial charge in [-0.3, -0.25) is 0 Å². The first-order valence-corrected chi connectivity index (χ1v) is 2.88. The van der Waals surface area contributed by atoms with E-state index in [9.17, 15) is 0 Å². The van der Waals surface area contributed by atoms with Gasteiger partial charge in [0, 0.05) is 38.5 Å². The van der Waals surface area contributed by atoms with Crippen LogP contribution in [0.2, 0.25) is 0 Å². The summed E-state index contributed by atoms with van der Waals surface area (Å²) in [7, 11) is 0. The molecule has 1 nitrogen and oxygen atoms in total. The van der Waals surface area contributed by atoms with E-state index in [-0.39, 0.29) is 38.5 Å². The van der Waals surface area contributed by atoms with Crippen molar-refractivity contribution >= 4 is 0 Å². The summed E-state index contributed by atoms with van der Waals surface area (Å²) in [5.41, 5.74) is 2.26. The number of hydrogen-bond acceptors (Lipinski definition) is 1. The molecule has 0 heterocycles. The van der Waals surface area contributed by atoms with Crippen LogP contribution in [0.25, 0.3) is 0 Å². The predicted octanol–water partition coefficient (Wildman–Crippen LogP) is 1.81. The number of phenols is 1. The average Bonchev–Trinajstić information content (AvgIpc) is 1.80. The molecule has 51 valence electrons. The zero-order valence-corrected chi connectivity index (χ0v) is 9.02. The molecule has 0 aliphatic heterocycles. The molecule has 0 aliphatic carbocycles. The van der Waals surface area contributed by atoms with Crippen LogP contribution in [0.3, 0.4) is 0 Å². The second-order valence-electron chi connectivity index (χ2n) is 2.18. The Kier molecular flexibility index (Phi) is 4.15. The maximum Gasteiger partial charge on any atom is 0.00423 e. The molecule has 1 aromatic rings. The summed E-state index contributed by atoms with van der Waals surface area (Å²) in [5.74, 6) is 0.220. The van der Waals surface area contributed by atoms with Gasteiger partial charge in [-0.1, -0.05) is 13.8 Å². The Morgan fingerprint density at radius 2 is 1.90 bits per heavy atom. The molecule has 1 radical (unpaired) electrons. The van der Waals surface area contributed by atoms with Gasteiger partial charge in [0.25, 0.3) is 0 Å². The van der Waals surface area contributed by atoms with Crippen LogP contribution in [0, 0.1) is 19.9 Å². The molecule has 0 aliphatic rings. The van der Waals surface area contributed by atoms with Crippen molar-refractivity contribution in [3.05, 3.63) is 29.3 Å². The monoisotopic (exact) mass is 210 g/mol. The first-order chi connectivity index (χ1) is 4.20. The molecule has 0 unspecified atom stereocenters. The fourth-order valence-electron chi connectivity index (χ4n) is 0.657. The Hall–Kier alpha value is 0.124. The maximum atomic E-state index is 8.88. The molecule has 10 heavy (non-hydrogen) atoms. The summed E-state index contributed by atoms with van der Waals surface area (Å²) < 4.78 is 0. The quantitative estimate of drug-likeness (QED) is 0.647. The van der Waals surface area contributed by atoms with Crippen molar-refractivity contribution in [3.63, 3.8) is 0 Å². The molecule has 0 aromatic heterocycles. The minimum absolute atomic E-state index is 0. The summed E-state index contributed by atoms with van der Waals surface area (Å²) >= 11 is 0. The molecule has 1 N–H and O–H groups in total. The number of aromatic hydroxyl groups is 1. The molecule has 0 fully saturated rings. The molecular weight excluding hydrogens is 201 g/mol. The molecule has 0 saturated carbocycles. The van der Waals surface area contributed by atoms with Gasteiger partial charge in [-0.2, -0.15) is 17.2 Å². The van der Waals surface area contributed by atoms with Crippen molar-refractivity contribution in [1.82, 2.24) is 0 Å². The minimum Gasteiger partial charge on any atom is -0.534 e. The van der Waals surface area contributed by atoms with Crippen LogP contribution in [0.1, 0.15) is 11.1 Å². The second kappa shape index (κ2) is 4.10. The Labute approximate surface area is 86.3 Å². The van der Waals surface area contributed by atoms with Gasteiger partial charge in [-0.05, 0) is 0 Å². The van der Waals surface area contributed by atoms with Crippen LogP contribution in [0.5, 0.6) is 5.75 Å². The Morgan fingerprint density at radius 3 is 2.30 bits per heavy atom. The van der Waals surface area contributed by atoms with Gasteiger partial charge in [0.2, 0.25) is 0 Å². The van der Waals surface area contributed by atoms with Crippen LogP contribution >= 0.6 is 0 Å². The summed E-state index contributed by atoms with van der Waals surface area (Å²) in [5, 5.41) is 8.88. The molecule has 0 saturated heterocycles. The molecule has 0 spiro atoms. The van der Waals surface area contributed by atoms with Crippen LogP contribution in [-0.4, -0.2) is 5.11 Å². The standard InChI is InChI=1S/C8H9O.Y/c1-6-3-4-8(9)5-7(6)2;/h3,5,9H,1-2H3;/q-1;. The van der Waals surface area contributed by atoms with E-state index in [4.69, 9.17) is 5.11 Å². The van der Waals surface area contributed by atoms with Crippen LogP contribution in [0.15, 0.2) is 12.1 Å². The summed E-state index contributed by atoms with van der Waals surface area (Å²) in [6.45, 7) is 3.95. The second-order valence-corrected chi connectivity index (χ2v) is 2.18. The van der Waals surface area contributed by atoms with E-state index in [1.807, 2.05) is 13.8 Å². The van der Waals surface area contributed by atoms with Crippen molar-refractivity contribution in [2.24, 2.45) is 0 Å². The molecule has 1 rings (SSSR count). The maximum absolute atomic E-state index is 8.88. The first-order valence-electron chi connectivity index (χ1n) is 2.88. The topological polar surface area (TPSA) is 20.2 Å². The van der Waals surface area contributed by atoms with Crippen LogP contribution < -0.4 is 0 Å². The largest absolute Gasteiger partial charge is 0.534 e. The number of hydrogen-bond donors (Lipinski definition) is 1. The fraction of sp³-hybridized carbons (Fsp3) is 0.250. The minimum atomic E-state index is 0. The molecule has 0 bridgehead atoms. The fourth-order valence-corrected chi connectivity index (χ4v) is 0.657. The Morgan fingerprint density at radius 1 is 1.30 bits per heavy atom. The van der Waals surface area contributed by atoms with Gasteiger partial charge in [0.05, 0.1) is 0 Å². The van der Waals surface area contributed by atoms with E-state index in [1.165, 1.54) is 0 Å². The van der Waals surface area contributed by atoms with Crippen molar-refractivity contribution in [1.29, 1.82) is 0 Å². The van der Waals surface area contributed by atoms with Gasteiger partial charge in [0.1, 0.15) is 0 Å². The normalized spacial score (nSPS) is 8.60. The van der Waals surface area contributed by atoms with E-state index in [1.54, 1.807) is 12.1 Å². The number of rotatable bonds is 0. The third-order valence-corrected chi connectivity index (χ3v) is 1.41. The third-order valence-electron chi connectivity index (χ3n) is 1.41. The van der Waals surface area contributed by atoms with E-state index < -0.39 is 0 Å². The van der Waals surface area contributed by atoms with Gasteiger partial charge in [-0.15, -0.1) is 12.1 Å².